The average molecular weight is 343 g/mol. The Balaban J connectivity index is 2.05. The van der Waals surface area contributed by atoms with Gasteiger partial charge in [-0.05, 0) is 48.0 Å². The molecular formula is C17H17N3O5. The molecule has 0 heterocycles. The van der Waals surface area contributed by atoms with Crippen molar-refractivity contribution >= 4 is 18.2 Å². The van der Waals surface area contributed by atoms with Gasteiger partial charge in [0.25, 0.3) is 0 Å². The number of primary amides is 1. The summed E-state index contributed by atoms with van der Waals surface area (Å²) in [6.07, 6.45) is 1.41. The van der Waals surface area contributed by atoms with Crippen LogP contribution in [-0.2, 0) is 0 Å². The van der Waals surface area contributed by atoms with Crippen LogP contribution in [0.5, 0.6) is 17.2 Å². The number of benzene rings is 2. The van der Waals surface area contributed by atoms with Gasteiger partial charge in [-0.2, -0.15) is 5.10 Å². The molecule has 0 aliphatic carbocycles. The minimum absolute atomic E-state index is 0.328. The highest BCUT2D eigenvalue weighted by Gasteiger charge is 2.12. The molecule has 3 N–H and O–H groups in total. The summed E-state index contributed by atoms with van der Waals surface area (Å²) in [6, 6.07) is 10.5. The normalized spacial score (nSPS) is 10.3. The minimum Gasteiger partial charge on any atom is -0.493 e. The number of nitrogens with zero attached hydrogens (tertiary/aromatic N) is 1. The lowest BCUT2D eigenvalue weighted by Crippen LogP contribution is -2.24. The molecule has 0 spiro atoms. The highest BCUT2D eigenvalue weighted by atomic mass is 16.5. The van der Waals surface area contributed by atoms with Gasteiger partial charge in [0.1, 0.15) is 5.75 Å². The molecule has 8 nitrogen and oxygen atoms in total. The van der Waals surface area contributed by atoms with Crippen molar-refractivity contribution in [3.8, 4) is 17.2 Å². The molecule has 0 saturated heterocycles. The predicted octanol–water partition coefficient (Wildman–Crippen LogP) is 1.93. The Labute approximate surface area is 144 Å². The van der Waals surface area contributed by atoms with E-state index in [1.165, 1.54) is 26.5 Å². The molecule has 2 aromatic rings. The molecule has 0 aliphatic heterocycles. The summed E-state index contributed by atoms with van der Waals surface area (Å²) < 4.78 is 15.6. The Morgan fingerprint density at radius 2 is 1.72 bits per heavy atom. The number of urea groups is 1. The van der Waals surface area contributed by atoms with E-state index in [4.69, 9.17) is 19.9 Å². The molecule has 0 saturated carbocycles. The van der Waals surface area contributed by atoms with E-state index in [1.807, 2.05) is 0 Å². The topological polar surface area (TPSA) is 112 Å². The number of amides is 2. The lowest BCUT2D eigenvalue weighted by atomic mass is 10.2. The highest BCUT2D eigenvalue weighted by Crippen LogP contribution is 2.28. The molecule has 2 rings (SSSR count). The average Bonchev–Trinajstić information content (AvgIpc) is 2.62. The maximum absolute atomic E-state index is 12.2. The van der Waals surface area contributed by atoms with Gasteiger partial charge in [0.15, 0.2) is 11.5 Å². The van der Waals surface area contributed by atoms with Crippen molar-refractivity contribution in [2.24, 2.45) is 10.8 Å². The molecule has 0 unspecified atom stereocenters. The molecule has 25 heavy (non-hydrogen) atoms. The zero-order chi connectivity index (χ0) is 18.2. The molecular weight excluding hydrogens is 326 g/mol. The molecule has 2 aromatic carbocycles. The second-order valence-corrected chi connectivity index (χ2v) is 4.76. The number of carbonyl (C=O) groups excluding carboxylic acids is 2. The summed E-state index contributed by atoms with van der Waals surface area (Å²) >= 11 is 0. The van der Waals surface area contributed by atoms with E-state index in [0.717, 1.165) is 0 Å². The first-order valence-corrected chi connectivity index (χ1v) is 7.16. The summed E-state index contributed by atoms with van der Waals surface area (Å²) in [5, 5.41) is 3.63. The summed E-state index contributed by atoms with van der Waals surface area (Å²) in [7, 11) is 3.00. The Hall–Kier alpha value is -3.55. The van der Waals surface area contributed by atoms with Crippen LogP contribution in [0.25, 0.3) is 0 Å². The Morgan fingerprint density at radius 1 is 1.04 bits per heavy atom. The summed E-state index contributed by atoms with van der Waals surface area (Å²) in [5.41, 5.74) is 8.00. The number of rotatable bonds is 6. The third-order valence-electron chi connectivity index (χ3n) is 3.10. The van der Waals surface area contributed by atoms with Gasteiger partial charge in [-0.3, -0.25) is 0 Å². The van der Waals surface area contributed by atoms with Gasteiger partial charge < -0.3 is 19.9 Å². The molecule has 0 atom stereocenters. The first kappa shape index (κ1) is 17.8. The number of nitrogens with two attached hydrogens (primary N) is 1. The molecule has 130 valence electrons. The van der Waals surface area contributed by atoms with Crippen LogP contribution < -0.4 is 25.4 Å². The highest BCUT2D eigenvalue weighted by molar-refractivity contribution is 5.92. The SMILES string of the molecule is COc1ccc(C(=O)Oc2ccc(/C=N/NC(N)=O)cc2)cc1OC. The summed E-state index contributed by atoms with van der Waals surface area (Å²) in [4.78, 5) is 22.7. The zero-order valence-corrected chi connectivity index (χ0v) is 13.7. The Bertz CT molecular complexity index is 787. The van der Waals surface area contributed by atoms with E-state index in [0.29, 0.717) is 28.4 Å². The predicted molar refractivity (Wildman–Crippen MR) is 91.3 cm³/mol. The third kappa shape index (κ3) is 4.96. The smallest absolute Gasteiger partial charge is 0.343 e. The molecule has 8 heteroatoms. The van der Waals surface area contributed by atoms with Gasteiger partial charge >= 0.3 is 12.0 Å². The fraction of sp³-hybridized carbons (Fsp3) is 0.118. The van der Waals surface area contributed by atoms with E-state index in [-0.39, 0.29) is 0 Å². The fourth-order valence-corrected chi connectivity index (χ4v) is 1.92. The largest absolute Gasteiger partial charge is 0.493 e. The molecule has 2 amide bonds. The zero-order valence-electron chi connectivity index (χ0n) is 13.7. The van der Waals surface area contributed by atoms with Gasteiger partial charge in [-0.25, -0.2) is 15.0 Å². The van der Waals surface area contributed by atoms with Crippen LogP contribution in [0, 0.1) is 0 Å². The van der Waals surface area contributed by atoms with Crippen molar-refractivity contribution in [3.63, 3.8) is 0 Å². The maximum atomic E-state index is 12.2. The van der Waals surface area contributed by atoms with Crippen LogP contribution >= 0.6 is 0 Å². The number of ether oxygens (including phenoxy) is 3. The van der Waals surface area contributed by atoms with Crippen molar-refractivity contribution < 1.29 is 23.8 Å². The maximum Gasteiger partial charge on any atom is 0.343 e. The van der Waals surface area contributed by atoms with Gasteiger partial charge in [0.05, 0.1) is 26.0 Å². The van der Waals surface area contributed by atoms with Crippen LogP contribution in [0.15, 0.2) is 47.6 Å². The molecule has 0 aromatic heterocycles. The Kier molecular flexibility index (Phi) is 5.94. The molecule has 0 radical (unpaired) electrons. The molecule has 0 bridgehead atoms. The standard InChI is InChI=1S/C17H17N3O5/c1-23-14-8-5-12(9-15(14)24-2)16(21)25-13-6-3-11(4-7-13)10-19-20-17(18)22/h3-10H,1-2H3,(H3,18,20,22)/b19-10+. The van der Waals surface area contributed by atoms with Gasteiger partial charge in [0.2, 0.25) is 0 Å². The first-order chi connectivity index (χ1) is 12.0. The van der Waals surface area contributed by atoms with E-state index >= 15 is 0 Å². The molecule has 0 fully saturated rings. The number of methoxy groups -OCH3 is 2. The molecule has 0 aliphatic rings. The minimum atomic E-state index is -0.753. The van der Waals surface area contributed by atoms with Crippen molar-refractivity contribution in [1.82, 2.24) is 5.43 Å². The van der Waals surface area contributed by atoms with Crippen molar-refractivity contribution in [2.45, 2.75) is 0 Å². The number of hydrazone groups is 1. The second-order valence-electron chi connectivity index (χ2n) is 4.76. The van der Waals surface area contributed by atoms with Crippen LogP contribution in [0.1, 0.15) is 15.9 Å². The Morgan fingerprint density at radius 3 is 2.32 bits per heavy atom. The first-order valence-electron chi connectivity index (χ1n) is 7.16. The summed E-state index contributed by atoms with van der Waals surface area (Å²) in [5.74, 6) is 0.787. The third-order valence-corrected chi connectivity index (χ3v) is 3.10. The lowest BCUT2D eigenvalue weighted by Gasteiger charge is -2.09. The van der Waals surface area contributed by atoms with Crippen molar-refractivity contribution in [1.29, 1.82) is 0 Å². The van der Waals surface area contributed by atoms with Crippen molar-refractivity contribution in [2.75, 3.05) is 14.2 Å². The fourth-order valence-electron chi connectivity index (χ4n) is 1.92. The number of carbonyl (C=O) groups is 2. The van der Waals surface area contributed by atoms with Crippen LogP contribution in [0.4, 0.5) is 4.79 Å². The van der Waals surface area contributed by atoms with E-state index in [9.17, 15) is 9.59 Å². The van der Waals surface area contributed by atoms with Crippen molar-refractivity contribution in [3.05, 3.63) is 53.6 Å². The number of hydrogen-bond donors (Lipinski definition) is 2. The van der Waals surface area contributed by atoms with E-state index in [1.54, 1.807) is 36.4 Å². The lowest BCUT2D eigenvalue weighted by molar-refractivity contribution is 0.0734. The van der Waals surface area contributed by atoms with Crippen LogP contribution in [0.3, 0.4) is 0 Å². The second kappa shape index (κ2) is 8.34. The quantitative estimate of drug-likeness (QED) is 0.360. The van der Waals surface area contributed by atoms with Crippen LogP contribution in [0.2, 0.25) is 0 Å². The number of nitrogens with one attached hydrogen (secondary N) is 1. The van der Waals surface area contributed by atoms with E-state index < -0.39 is 12.0 Å². The monoisotopic (exact) mass is 343 g/mol. The van der Waals surface area contributed by atoms with Crippen LogP contribution in [-0.4, -0.2) is 32.4 Å². The van der Waals surface area contributed by atoms with Gasteiger partial charge in [0, 0.05) is 0 Å². The summed E-state index contributed by atoms with van der Waals surface area (Å²) in [6.45, 7) is 0. The van der Waals surface area contributed by atoms with E-state index in [2.05, 4.69) is 10.5 Å². The van der Waals surface area contributed by atoms with Gasteiger partial charge in [-0.1, -0.05) is 0 Å². The number of hydrogen-bond acceptors (Lipinski definition) is 6. The van der Waals surface area contributed by atoms with Gasteiger partial charge in [-0.15, -0.1) is 0 Å². The number of esters is 1.